The zero-order valence-corrected chi connectivity index (χ0v) is 12.6. The van der Waals surface area contributed by atoms with Crippen molar-refractivity contribution < 1.29 is 9.84 Å². The van der Waals surface area contributed by atoms with Crippen molar-refractivity contribution >= 4 is 0 Å². The molecule has 1 unspecified atom stereocenters. The summed E-state index contributed by atoms with van der Waals surface area (Å²) in [6, 6.07) is 1.48. The zero-order valence-electron chi connectivity index (χ0n) is 12.6. The highest BCUT2D eigenvalue weighted by Gasteiger charge is 2.38. The van der Waals surface area contributed by atoms with E-state index in [-0.39, 0.29) is 12.0 Å². The van der Waals surface area contributed by atoms with E-state index in [0.717, 1.165) is 38.9 Å². The van der Waals surface area contributed by atoms with E-state index in [0.29, 0.717) is 6.04 Å². The van der Waals surface area contributed by atoms with E-state index >= 15 is 0 Å². The molecule has 20 heavy (non-hydrogen) atoms. The third-order valence-electron chi connectivity index (χ3n) is 5.26. The Hall–Kier alpha value is -0.160. The highest BCUT2D eigenvalue weighted by atomic mass is 16.5. The largest absolute Gasteiger partial charge is 0.395 e. The van der Waals surface area contributed by atoms with Gasteiger partial charge < -0.3 is 15.2 Å². The highest BCUT2D eigenvalue weighted by molar-refractivity contribution is 4.93. The number of ether oxygens (including phenoxy) is 1. The van der Waals surface area contributed by atoms with Gasteiger partial charge in [-0.1, -0.05) is 6.42 Å². The smallest absolute Gasteiger partial charge is 0.0558 e. The summed E-state index contributed by atoms with van der Waals surface area (Å²) in [4.78, 5) is 2.53. The lowest BCUT2D eigenvalue weighted by Crippen LogP contribution is -2.53. The molecule has 4 nitrogen and oxygen atoms in total. The van der Waals surface area contributed by atoms with E-state index < -0.39 is 0 Å². The lowest BCUT2D eigenvalue weighted by atomic mass is 9.80. The van der Waals surface area contributed by atoms with Gasteiger partial charge in [-0.25, -0.2) is 0 Å². The Kier molecular flexibility index (Phi) is 4.97. The third-order valence-corrected chi connectivity index (χ3v) is 5.26. The molecule has 3 aliphatic rings. The monoisotopic (exact) mass is 282 g/mol. The molecule has 0 spiro atoms. The van der Waals surface area contributed by atoms with Crippen LogP contribution in [0.25, 0.3) is 0 Å². The Bertz CT molecular complexity index is 297. The van der Waals surface area contributed by atoms with E-state index in [2.05, 4.69) is 10.2 Å². The maximum absolute atomic E-state index is 9.36. The second-order valence-electron chi connectivity index (χ2n) is 7.09. The average molecular weight is 282 g/mol. The molecule has 1 atom stereocenters. The van der Waals surface area contributed by atoms with Gasteiger partial charge in [0, 0.05) is 43.7 Å². The number of nitrogens with zero attached hydrogens (tertiary/aromatic N) is 1. The Morgan fingerprint density at radius 3 is 2.60 bits per heavy atom. The van der Waals surface area contributed by atoms with Crippen LogP contribution < -0.4 is 5.32 Å². The predicted molar refractivity (Wildman–Crippen MR) is 79.8 cm³/mol. The second-order valence-corrected chi connectivity index (χ2v) is 7.09. The Morgan fingerprint density at radius 2 is 2.05 bits per heavy atom. The summed E-state index contributed by atoms with van der Waals surface area (Å²) in [5.41, 5.74) is 0.269. The normalized spacial score (nSPS) is 31.5. The van der Waals surface area contributed by atoms with Gasteiger partial charge in [-0.05, 0) is 38.5 Å². The van der Waals surface area contributed by atoms with Gasteiger partial charge in [0.1, 0.15) is 0 Å². The summed E-state index contributed by atoms with van der Waals surface area (Å²) in [5, 5.41) is 13.1. The Balaban J connectivity index is 1.59. The Morgan fingerprint density at radius 1 is 1.20 bits per heavy atom. The Labute approximate surface area is 122 Å². The van der Waals surface area contributed by atoms with Crippen molar-refractivity contribution in [1.29, 1.82) is 0 Å². The summed E-state index contributed by atoms with van der Waals surface area (Å²) < 4.78 is 5.82. The van der Waals surface area contributed by atoms with Gasteiger partial charge in [0.05, 0.1) is 13.2 Å². The van der Waals surface area contributed by atoms with Gasteiger partial charge in [-0.3, -0.25) is 4.90 Å². The number of nitrogens with one attached hydrogen (secondary N) is 1. The second kappa shape index (κ2) is 6.73. The predicted octanol–water partition coefficient (Wildman–Crippen LogP) is 1.38. The van der Waals surface area contributed by atoms with Crippen LogP contribution in [0.3, 0.4) is 0 Å². The van der Waals surface area contributed by atoms with Crippen LogP contribution >= 0.6 is 0 Å². The van der Waals surface area contributed by atoms with Crippen LogP contribution in [-0.4, -0.2) is 61.5 Å². The van der Waals surface area contributed by atoms with Crippen molar-refractivity contribution in [3.8, 4) is 0 Å². The third kappa shape index (κ3) is 3.73. The summed E-state index contributed by atoms with van der Waals surface area (Å²) in [6.07, 6.45) is 9.13. The molecule has 2 N–H and O–H groups in total. The van der Waals surface area contributed by atoms with Gasteiger partial charge in [-0.15, -0.1) is 0 Å². The summed E-state index contributed by atoms with van der Waals surface area (Å²) >= 11 is 0. The van der Waals surface area contributed by atoms with E-state index in [9.17, 15) is 5.11 Å². The minimum absolute atomic E-state index is 0.269. The summed E-state index contributed by atoms with van der Waals surface area (Å²) in [6.45, 7) is 5.11. The molecule has 1 heterocycles. The van der Waals surface area contributed by atoms with E-state index in [1.165, 1.54) is 44.9 Å². The standard InChI is InChI=1S/C16H30N2O2/c19-9-8-18(15-3-1-4-15)12-16(7-2-10-20-13-16)11-17-14-5-6-14/h14-15,17,19H,1-13H2. The number of aliphatic hydroxyl groups is 1. The topological polar surface area (TPSA) is 44.7 Å². The molecule has 3 rings (SSSR count). The maximum atomic E-state index is 9.36. The number of aliphatic hydroxyl groups excluding tert-OH is 1. The first kappa shape index (κ1) is 14.8. The number of hydrogen-bond acceptors (Lipinski definition) is 4. The van der Waals surface area contributed by atoms with Crippen molar-refractivity contribution in [2.45, 2.75) is 57.0 Å². The fourth-order valence-electron chi connectivity index (χ4n) is 3.58. The van der Waals surface area contributed by atoms with E-state index in [1.807, 2.05) is 0 Å². The fraction of sp³-hybridized carbons (Fsp3) is 1.00. The molecule has 0 aromatic heterocycles. The maximum Gasteiger partial charge on any atom is 0.0558 e. The summed E-state index contributed by atoms with van der Waals surface area (Å²) in [7, 11) is 0. The average Bonchev–Trinajstić information content (AvgIpc) is 3.20. The van der Waals surface area contributed by atoms with Crippen molar-refractivity contribution in [3.05, 3.63) is 0 Å². The zero-order chi connectivity index (χ0) is 13.8. The first-order chi connectivity index (χ1) is 9.81. The minimum Gasteiger partial charge on any atom is -0.395 e. The fourth-order valence-corrected chi connectivity index (χ4v) is 3.58. The molecule has 4 heteroatoms. The molecular formula is C16H30N2O2. The molecule has 0 bridgehead atoms. The quantitative estimate of drug-likeness (QED) is 0.706. The molecule has 2 aliphatic carbocycles. The van der Waals surface area contributed by atoms with Crippen LogP contribution in [0.5, 0.6) is 0 Å². The molecule has 0 amide bonds. The number of hydrogen-bond donors (Lipinski definition) is 2. The first-order valence-electron chi connectivity index (χ1n) is 8.47. The van der Waals surface area contributed by atoms with Gasteiger partial charge in [-0.2, -0.15) is 0 Å². The highest BCUT2D eigenvalue weighted by Crippen LogP contribution is 2.34. The molecule has 1 aliphatic heterocycles. The van der Waals surface area contributed by atoms with Gasteiger partial charge in [0.2, 0.25) is 0 Å². The molecule has 1 saturated heterocycles. The van der Waals surface area contributed by atoms with Crippen molar-refractivity contribution in [1.82, 2.24) is 10.2 Å². The lowest BCUT2D eigenvalue weighted by molar-refractivity contribution is -0.0424. The van der Waals surface area contributed by atoms with Crippen LogP contribution in [0.15, 0.2) is 0 Å². The van der Waals surface area contributed by atoms with Crippen molar-refractivity contribution in [2.24, 2.45) is 5.41 Å². The van der Waals surface area contributed by atoms with Crippen LogP contribution in [-0.2, 0) is 4.74 Å². The van der Waals surface area contributed by atoms with Gasteiger partial charge in [0.25, 0.3) is 0 Å². The molecule has 0 radical (unpaired) electrons. The van der Waals surface area contributed by atoms with E-state index in [1.54, 1.807) is 0 Å². The summed E-state index contributed by atoms with van der Waals surface area (Å²) in [5.74, 6) is 0. The van der Waals surface area contributed by atoms with Crippen LogP contribution in [0.2, 0.25) is 0 Å². The molecular weight excluding hydrogens is 252 g/mol. The molecule has 0 aromatic rings. The van der Waals surface area contributed by atoms with E-state index in [4.69, 9.17) is 4.74 Å². The molecule has 116 valence electrons. The van der Waals surface area contributed by atoms with Gasteiger partial charge in [0.15, 0.2) is 0 Å². The van der Waals surface area contributed by atoms with Gasteiger partial charge >= 0.3 is 0 Å². The minimum atomic E-state index is 0.269. The lowest BCUT2D eigenvalue weighted by Gasteiger charge is -2.45. The van der Waals surface area contributed by atoms with Crippen LogP contribution in [0.1, 0.15) is 44.9 Å². The SMILES string of the molecule is OCCN(CC1(CNC2CC2)CCCOC1)C1CCC1. The van der Waals surface area contributed by atoms with Crippen LogP contribution in [0.4, 0.5) is 0 Å². The molecule has 3 fully saturated rings. The number of rotatable bonds is 8. The first-order valence-corrected chi connectivity index (χ1v) is 8.47. The van der Waals surface area contributed by atoms with Crippen LogP contribution in [0, 0.1) is 5.41 Å². The van der Waals surface area contributed by atoms with Crippen molar-refractivity contribution in [3.63, 3.8) is 0 Å². The van der Waals surface area contributed by atoms with Crippen molar-refractivity contribution in [2.75, 3.05) is 39.5 Å². The molecule has 2 saturated carbocycles. The molecule has 0 aromatic carbocycles.